The number of rotatable bonds is 1. The third kappa shape index (κ3) is 2.55. The Morgan fingerprint density at radius 3 is 2.29 bits per heavy atom. The topological polar surface area (TPSA) is 67.5 Å². The largest absolute Gasteiger partial charge is 0.232 e. The second-order valence-electron chi connectivity index (χ2n) is 0.955. The van der Waals surface area contributed by atoms with Crippen LogP contribution in [0.15, 0.2) is 4.36 Å². The highest BCUT2D eigenvalue weighted by molar-refractivity contribution is 7.89. The predicted molar refractivity (Wildman–Crippen MR) is 29.7 cm³/mol. The molecule has 1 atom stereocenters. The van der Waals surface area contributed by atoms with Crippen molar-refractivity contribution in [2.45, 2.75) is 0 Å². The zero-order chi connectivity index (χ0) is 5.91. The molecule has 0 bridgehead atoms. The third-order valence-electron chi connectivity index (χ3n) is 0.564. The fourth-order valence-electron chi connectivity index (χ4n) is 0.0913. The van der Waals surface area contributed by atoms with Crippen LogP contribution >= 0.6 is 0 Å². The molecule has 44 valence electrons. The molecule has 0 aliphatic heterocycles. The van der Waals surface area contributed by atoms with Crippen LogP contribution in [0.5, 0.6) is 0 Å². The van der Waals surface area contributed by atoms with Crippen LogP contribution in [0.25, 0.3) is 0 Å². The lowest BCUT2D eigenvalue weighted by Crippen LogP contribution is -2.26. The molecule has 3 N–H and O–H groups in total. The maximum atomic E-state index is 10.4. The number of nitrogens with zero attached hydrogens (tertiary/aromatic N) is 1. The van der Waals surface area contributed by atoms with E-state index in [4.69, 9.17) is 5.14 Å². The van der Waals surface area contributed by atoms with E-state index in [9.17, 15) is 4.21 Å². The van der Waals surface area contributed by atoms with Crippen molar-refractivity contribution >= 4 is 10.1 Å². The van der Waals surface area contributed by atoms with Gasteiger partial charge in [-0.3, -0.25) is 0 Å². The number of hydrogen-bond donors (Lipinski definition) is 2. The SMILES string of the molecule is CN=S(N)(=O)NC. The molecular weight excluding hydrogens is 114 g/mol. The van der Waals surface area contributed by atoms with Crippen LogP contribution in [0, 0.1) is 0 Å². The Balaban J connectivity index is 4.17. The summed E-state index contributed by atoms with van der Waals surface area (Å²) in [5.41, 5.74) is 0. The first kappa shape index (κ1) is 6.87. The maximum Gasteiger partial charge on any atom is 0.169 e. The Hall–Kier alpha value is -0.130. The van der Waals surface area contributed by atoms with Gasteiger partial charge in [-0.1, -0.05) is 0 Å². The molecule has 0 rings (SSSR count). The van der Waals surface area contributed by atoms with Crippen molar-refractivity contribution in [2.24, 2.45) is 9.50 Å². The Labute approximate surface area is 43.5 Å². The monoisotopic (exact) mass is 123 g/mol. The minimum Gasteiger partial charge on any atom is -0.232 e. The lowest BCUT2D eigenvalue weighted by atomic mass is 11.6. The lowest BCUT2D eigenvalue weighted by molar-refractivity contribution is 0.671. The van der Waals surface area contributed by atoms with Gasteiger partial charge in [0.2, 0.25) is 0 Å². The summed E-state index contributed by atoms with van der Waals surface area (Å²) in [7, 11) is 0.365. The van der Waals surface area contributed by atoms with Gasteiger partial charge in [0.25, 0.3) is 0 Å². The van der Waals surface area contributed by atoms with E-state index in [1.807, 2.05) is 0 Å². The quantitative estimate of drug-likeness (QED) is 0.466. The van der Waals surface area contributed by atoms with Crippen LogP contribution in [0.4, 0.5) is 0 Å². The molecule has 0 aromatic rings. The van der Waals surface area contributed by atoms with Gasteiger partial charge in [0, 0.05) is 7.05 Å². The first-order valence-corrected chi connectivity index (χ1v) is 3.31. The highest BCUT2D eigenvalue weighted by atomic mass is 32.2. The van der Waals surface area contributed by atoms with E-state index in [1.54, 1.807) is 0 Å². The van der Waals surface area contributed by atoms with Gasteiger partial charge in [0.15, 0.2) is 10.1 Å². The summed E-state index contributed by atoms with van der Waals surface area (Å²) in [6.45, 7) is 0. The Bertz CT molecular complexity index is 145. The summed E-state index contributed by atoms with van der Waals surface area (Å²) in [5.74, 6) is 0. The molecule has 0 aromatic heterocycles. The van der Waals surface area contributed by atoms with E-state index in [0.29, 0.717) is 0 Å². The standard InChI is InChI=1S/C2H9N3OS/c1-4-7(3,6)5-2/h1-2H3,(H3,3,4,5,6). The van der Waals surface area contributed by atoms with E-state index in [2.05, 4.69) is 9.08 Å². The van der Waals surface area contributed by atoms with Crippen LogP contribution in [-0.2, 0) is 10.1 Å². The molecule has 0 saturated carbocycles. The zero-order valence-corrected chi connectivity index (χ0v) is 5.16. The molecule has 0 amide bonds. The second-order valence-corrected chi connectivity index (χ2v) is 2.87. The van der Waals surface area contributed by atoms with Crippen molar-refractivity contribution in [3.8, 4) is 0 Å². The molecule has 0 aromatic carbocycles. The van der Waals surface area contributed by atoms with Gasteiger partial charge < -0.3 is 0 Å². The van der Waals surface area contributed by atoms with Gasteiger partial charge in [-0.15, -0.1) is 0 Å². The summed E-state index contributed by atoms with van der Waals surface area (Å²) >= 11 is 0. The van der Waals surface area contributed by atoms with Gasteiger partial charge in [-0.2, -0.15) is 0 Å². The summed E-state index contributed by atoms with van der Waals surface area (Å²) in [6, 6.07) is 0. The van der Waals surface area contributed by atoms with E-state index < -0.39 is 10.1 Å². The highest BCUT2D eigenvalue weighted by Gasteiger charge is 1.86. The van der Waals surface area contributed by atoms with Crippen LogP contribution in [-0.4, -0.2) is 18.3 Å². The normalized spacial score (nSPS) is 18.1. The summed E-state index contributed by atoms with van der Waals surface area (Å²) in [4.78, 5) is 0. The van der Waals surface area contributed by atoms with Crippen LogP contribution in [0.2, 0.25) is 0 Å². The van der Waals surface area contributed by atoms with Crippen molar-refractivity contribution in [3.05, 3.63) is 0 Å². The average Bonchev–Trinajstić information content (AvgIpc) is 1.68. The number of nitrogens with one attached hydrogen (secondary N) is 1. The minimum absolute atomic E-state index is 1.40. The Kier molecular flexibility index (Phi) is 2.21. The van der Waals surface area contributed by atoms with Crippen molar-refractivity contribution in [3.63, 3.8) is 0 Å². The molecule has 0 aliphatic rings. The number of nitrogens with two attached hydrogens (primary N) is 1. The van der Waals surface area contributed by atoms with Gasteiger partial charge in [0.05, 0.1) is 0 Å². The van der Waals surface area contributed by atoms with Crippen LogP contribution in [0.1, 0.15) is 0 Å². The molecule has 0 heterocycles. The minimum atomic E-state index is -2.53. The fraction of sp³-hybridized carbons (Fsp3) is 1.00. The van der Waals surface area contributed by atoms with Gasteiger partial charge in [-0.05, 0) is 7.05 Å². The fourth-order valence-corrected chi connectivity index (χ4v) is 0.274. The van der Waals surface area contributed by atoms with E-state index >= 15 is 0 Å². The molecule has 0 aliphatic carbocycles. The van der Waals surface area contributed by atoms with Crippen LogP contribution in [0.3, 0.4) is 0 Å². The summed E-state index contributed by atoms with van der Waals surface area (Å²) < 4.78 is 16.1. The summed E-state index contributed by atoms with van der Waals surface area (Å²) in [5, 5.41) is 4.97. The van der Waals surface area contributed by atoms with Crippen molar-refractivity contribution in [1.29, 1.82) is 0 Å². The van der Waals surface area contributed by atoms with Gasteiger partial charge >= 0.3 is 0 Å². The van der Waals surface area contributed by atoms with Crippen molar-refractivity contribution in [2.75, 3.05) is 14.1 Å². The predicted octanol–water partition coefficient (Wildman–Crippen LogP) is -0.908. The van der Waals surface area contributed by atoms with E-state index in [0.717, 1.165) is 0 Å². The lowest BCUT2D eigenvalue weighted by Gasteiger charge is -1.94. The average molecular weight is 123 g/mol. The number of hydrogen-bond acceptors (Lipinski definition) is 2. The third-order valence-corrected chi connectivity index (χ3v) is 1.69. The first-order chi connectivity index (χ1) is 3.12. The molecule has 0 saturated heterocycles. The Morgan fingerprint density at radius 1 is 1.86 bits per heavy atom. The second kappa shape index (κ2) is 2.25. The van der Waals surface area contributed by atoms with Gasteiger partial charge in [-0.25, -0.2) is 18.4 Å². The van der Waals surface area contributed by atoms with E-state index in [1.165, 1.54) is 14.1 Å². The maximum absolute atomic E-state index is 10.4. The molecule has 0 spiro atoms. The highest BCUT2D eigenvalue weighted by Crippen LogP contribution is 1.68. The van der Waals surface area contributed by atoms with E-state index in [-0.39, 0.29) is 0 Å². The smallest absolute Gasteiger partial charge is 0.169 e. The molecule has 0 radical (unpaired) electrons. The zero-order valence-electron chi connectivity index (χ0n) is 4.34. The van der Waals surface area contributed by atoms with Crippen molar-refractivity contribution in [1.82, 2.24) is 4.72 Å². The molecule has 1 unspecified atom stereocenters. The first-order valence-electron chi connectivity index (χ1n) is 1.74. The molecule has 0 fully saturated rings. The molecular formula is C2H9N3OS. The van der Waals surface area contributed by atoms with Gasteiger partial charge in [0.1, 0.15) is 0 Å². The van der Waals surface area contributed by atoms with Crippen molar-refractivity contribution < 1.29 is 4.21 Å². The molecule has 5 heteroatoms. The van der Waals surface area contributed by atoms with Crippen LogP contribution < -0.4 is 9.86 Å². The summed E-state index contributed by atoms with van der Waals surface area (Å²) in [6.07, 6.45) is 0. The Morgan fingerprint density at radius 2 is 2.29 bits per heavy atom. The molecule has 7 heavy (non-hydrogen) atoms. The molecule has 4 nitrogen and oxygen atoms in total.